The second-order valence-electron chi connectivity index (χ2n) is 16.0. The fourth-order valence-electron chi connectivity index (χ4n) is 9.92. The lowest BCUT2D eigenvalue weighted by Gasteiger charge is -2.27. The number of para-hydroxylation sites is 4. The maximum Gasteiger partial charge on any atom is 0.137 e. The number of furan rings is 1. The van der Waals surface area contributed by atoms with E-state index in [9.17, 15) is 0 Å². The Morgan fingerprint density at radius 3 is 1.44 bits per heavy atom. The highest BCUT2D eigenvalue weighted by Crippen LogP contribution is 2.53. The molecule has 11 aromatic carbocycles. The highest BCUT2D eigenvalue weighted by Gasteiger charge is 2.24. The van der Waals surface area contributed by atoms with Crippen molar-refractivity contribution in [3.63, 3.8) is 0 Å². The average Bonchev–Trinajstić information content (AvgIpc) is 3.93. The van der Waals surface area contributed by atoms with E-state index in [0.29, 0.717) is 0 Å². The summed E-state index contributed by atoms with van der Waals surface area (Å²) >= 11 is 1.93. The minimum absolute atomic E-state index is 0.872. The standard InChI is InChI=1S/C58H36N2OS/c1-4-17-37(18-5-1)59(41-32-34-46-45-25-14-15-30-52(45)61-53(46)36-41)40-31-33-44-42-23-11-13-27-49(42)57-56(50(44)35-40)55-48-26-12-10-24-43(48)47-28-16-29-51(54(47)58(55)62-57)60(38-19-6-2-7-20-38)39-21-8-3-9-22-39/h1-36H. The van der Waals surface area contributed by atoms with Gasteiger partial charge in [0.25, 0.3) is 0 Å². The molecule has 0 aliphatic rings. The van der Waals surface area contributed by atoms with Gasteiger partial charge in [0.15, 0.2) is 0 Å². The van der Waals surface area contributed by atoms with Crippen LogP contribution in [0.2, 0.25) is 0 Å². The summed E-state index contributed by atoms with van der Waals surface area (Å²) in [7, 11) is 0. The van der Waals surface area contributed by atoms with Crippen LogP contribution >= 0.6 is 11.3 Å². The van der Waals surface area contributed by atoms with E-state index in [1.807, 2.05) is 23.5 Å². The molecular formula is C58H36N2OS. The largest absolute Gasteiger partial charge is 0.456 e. The van der Waals surface area contributed by atoms with Gasteiger partial charge in [0.1, 0.15) is 11.2 Å². The van der Waals surface area contributed by atoms with E-state index in [0.717, 1.165) is 56.1 Å². The van der Waals surface area contributed by atoms with Crippen LogP contribution in [0, 0.1) is 0 Å². The molecule has 0 saturated heterocycles. The first kappa shape index (κ1) is 34.9. The monoisotopic (exact) mass is 808 g/mol. The number of benzene rings is 11. The molecule has 3 nitrogen and oxygen atoms in total. The molecule has 13 aromatic rings. The van der Waals surface area contributed by atoms with Crippen molar-refractivity contribution in [2.75, 3.05) is 9.80 Å². The number of fused-ring (bicyclic) bond motifs is 16. The lowest BCUT2D eigenvalue weighted by Crippen LogP contribution is -2.10. The molecule has 0 N–H and O–H groups in total. The van der Waals surface area contributed by atoms with Crippen LogP contribution in [0.3, 0.4) is 0 Å². The minimum Gasteiger partial charge on any atom is -0.456 e. The number of hydrogen-bond acceptors (Lipinski definition) is 4. The van der Waals surface area contributed by atoms with E-state index in [2.05, 4.69) is 216 Å². The van der Waals surface area contributed by atoms with Crippen molar-refractivity contribution in [3.8, 4) is 0 Å². The van der Waals surface area contributed by atoms with Gasteiger partial charge in [-0.1, -0.05) is 140 Å². The maximum absolute atomic E-state index is 6.46. The van der Waals surface area contributed by atoms with Crippen molar-refractivity contribution >= 4 is 131 Å². The number of thiophene rings is 1. The molecule has 0 aliphatic carbocycles. The van der Waals surface area contributed by atoms with Gasteiger partial charge in [-0.3, -0.25) is 0 Å². The molecule has 62 heavy (non-hydrogen) atoms. The molecule has 2 aromatic heterocycles. The fourth-order valence-corrected chi connectivity index (χ4v) is 11.4. The molecule has 0 fully saturated rings. The third kappa shape index (κ3) is 5.24. The molecule has 0 aliphatic heterocycles. The van der Waals surface area contributed by atoms with Crippen LogP contribution in [0.1, 0.15) is 0 Å². The molecule has 0 amide bonds. The van der Waals surface area contributed by atoms with Crippen molar-refractivity contribution in [1.82, 2.24) is 0 Å². The Bertz CT molecular complexity index is 3830. The van der Waals surface area contributed by atoms with Crippen LogP contribution in [0.15, 0.2) is 223 Å². The molecule has 0 atom stereocenters. The van der Waals surface area contributed by atoms with Crippen molar-refractivity contribution < 1.29 is 4.42 Å². The van der Waals surface area contributed by atoms with E-state index in [1.54, 1.807) is 0 Å². The van der Waals surface area contributed by atoms with Gasteiger partial charge in [0.2, 0.25) is 0 Å². The zero-order valence-electron chi connectivity index (χ0n) is 33.5. The Hall–Kier alpha value is -7.92. The molecule has 0 bridgehead atoms. The number of anilines is 6. The van der Waals surface area contributed by atoms with Gasteiger partial charge in [-0.15, -0.1) is 11.3 Å². The van der Waals surface area contributed by atoms with E-state index in [1.165, 1.54) is 63.3 Å². The SMILES string of the molecule is c1ccc(N(c2ccc3c(c2)oc2ccccc23)c2ccc3c4ccccc4c4sc5c6c(N(c7ccccc7)c7ccccc7)cccc6c6ccccc6c5c4c3c2)cc1. The number of rotatable bonds is 6. The lowest BCUT2D eigenvalue weighted by atomic mass is 9.92. The summed E-state index contributed by atoms with van der Waals surface area (Å²) in [5, 5.41) is 14.9. The highest BCUT2D eigenvalue weighted by molar-refractivity contribution is 7.28. The van der Waals surface area contributed by atoms with E-state index < -0.39 is 0 Å². The second kappa shape index (κ2) is 13.8. The van der Waals surface area contributed by atoms with Crippen LogP contribution in [-0.2, 0) is 0 Å². The fraction of sp³-hybridized carbons (Fsp3) is 0. The van der Waals surface area contributed by atoms with E-state index >= 15 is 0 Å². The predicted molar refractivity (Wildman–Crippen MR) is 266 cm³/mol. The summed E-state index contributed by atoms with van der Waals surface area (Å²) in [5.41, 5.74) is 8.38. The van der Waals surface area contributed by atoms with E-state index in [-0.39, 0.29) is 0 Å². The summed E-state index contributed by atoms with van der Waals surface area (Å²) in [6.07, 6.45) is 0. The number of hydrogen-bond donors (Lipinski definition) is 0. The van der Waals surface area contributed by atoms with E-state index in [4.69, 9.17) is 4.42 Å². The third-order valence-electron chi connectivity index (χ3n) is 12.6. The quantitative estimate of drug-likeness (QED) is 0.156. The lowest BCUT2D eigenvalue weighted by molar-refractivity contribution is 0.669. The Labute approximate surface area is 361 Å². The Morgan fingerprint density at radius 1 is 0.274 bits per heavy atom. The first-order chi connectivity index (χ1) is 30.8. The maximum atomic E-state index is 6.46. The molecule has 0 unspecified atom stereocenters. The molecule has 4 heteroatoms. The highest BCUT2D eigenvalue weighted by atomic mass is 32.1. The van der Waals surface area contributed by atoms with Gasteiger partial charge in [-0.2, -0.15) is 0 Å². The van der Waals surface area contributed by atoms with Crippen molar-refractivity contribution in [1.29, 1.82) is 0 Å². The summed E-state index contributed by atoms with van der Waals surface area (Å²) in [6, 6.07) is 79.0. The van der Waals surface area contributed by atoms with Gasteiger partial charge >= 0.3 is 0 Å². The van der Waals surface area contributed by atoms with Crippen molar-refractivity contribution in [3.05, 3.63) is 218 Å². The zero-order chi connectivity index (χ0) is 40.7. The van der Waals surface area contributed by atoms with Crippen LogP contribution in [-0.4, -0.2) is 0 Å². The Balaban J connectivity index is 1.15. The molecule has 0 saturated carbocycles. The van der Waals surface area contributed by atoms with Gasteiger partial charge in [-0.25, -0.2) is 0 Å². The normalized spacial score (nSPS) is 11.9. The van der Waals surface area contributed by atoms with Crippen LogP contribution in [0.25, 0.3) is 85.2 Å². The van der Waals surface area contributed by atoms with Crippen molar-refractivity contribution in [2.24, 2.45) is 0 Å². The summed E-state index contributed by atoms with van der Waals surface area (Å²) < 4.78 is 9.05. The van der Waals surface area contributed by atoms with Gasteiger partial charge in [0, 0.05) is 76.2 Å². The molecule has 2 heterocycles. The summed E-state index contributed by atoms with van der Waals surface area (Å²) in [5.74, 6) is 0. The second-order valence-corrected chi connectivity index (χ2v) is 17.0. The topological polar surface area (TPSA) is 19.6 Å². The average molecular weight is 809 g/mol. The molecule has 13 rings (SSSR count). The minimum atomic E-state index is 0.872. The van der Waals surface area contributed by atoms with Gasteiger partial charge in [-0.05, 0) is 105 Å². The molecule has 290 valence electrons. The molecule has 0 radical (unpaired) electrons. The summed E-state index contributed by atoms with van der Waals surface area (Å²) in [4.78, 5) is 4.79. The van der Waals surface area contributed by atoms with Gasteiger partial charge in [0.05, 0.1) is 5.69 Å². The Morgan fingerprint density at radius 2 is 0.742 bits per heavy atom. The zero-order valence-corrected chi connectivity index (χ0v) is 34.3. The van der Waals surface area contributed by atoms with Gasteiger partial charge < -0.3 is 14.2 Å². The first-order valence-electron chi connectivity index (χ1n) is 21.1. The Kier molecular flexibility index (Phi) is 7.78. The van der Waals surface area contributed by atoms with Crippen LogP contribution < -0.4 is 9.80 Å². The van der Waals surface area contributed by atoms with Crippen molar-refractivity contribution in [2.45, 2.75) is 0 Å². The third-order valence-corrected chi connectivity index (χ3v) is 13.8. The number of nitrogens with zero attached hydrogens (tertiary/aromatic N) is 2. The summed E-state index contributed by atoms with van der Waals surface area (Å²) in [6.45, 7) is 0. The van der Waals surface area contributed by atoms with Crippen LogP contribution in [0.4, 0.5) is 34.1 Å². The molecule has 0 spiro atoms. The van der Waals surface area contributed by atoms with Crippen LogP contribution in [0.5, 0.6) is 0 Å². The molecular weight excluding hydrogens is 773 g/mol. The smallest absolute Gasteiger partial charge is 0.137 e. The predicted octanol–water partition coefficient (Wildman–Crippen LogP) is 17.5. The first-order valence-corrected chi connectivity index (χ1v) is 21.9.